The lowest BCUT2D eigenvalue weighted by Gasteiger charge is -2.34. The highest BCUT2D eigenvalue weighted by Crippen LogP contribution is 2.32. The van der Waals surface area contributed by atoms with Gasteiger partial charge in [0.05, 0.1) is 9.82 Å². The fourth-order valence-electron chi connectivity index (χ4n) is 4.55. The van der Waals surface area contributed by atoms with Gasteiger partial charge in [0, 0.05) is 43.9 Å². The number of carbonyl (C=O) groups excluding carboxylic acids is 1. The van der Waals surface area contributed by atoms with E-state index in [0.29, 0.717) is 11.5 Å². The molecule has 1 aliphatic heterocycles. The minimum atomic E-state index is -3.86. The van der Waals surface area contributed by atoms with E-state index in [1.54, 1.807) is 4.90 Å². The highest BCUT2D eigenvalue weighted by atomic mass is 32.2. The molecule has 1 saturated heterocycles. The summed E-state index contributed by atoms with van der Waals surface area (Å²) in [6.07, 6.45) is 6.22. The lowest BCUT2D eigenvalue weighted by molar-refractivity contribution is -0.385. The van der Waals surface area contributed by atoms with E-state index in [1.165, 1.54) is 60.2 Å². The summed E-state index contributed by atoms with van der Waals surface area (Å²) in [7, 11) is -3.86. The van der Waals surface area contributed by atoms with E-state index in [4.69, 9.17) is 0 Å². The minimum Gasteiger partial charge on any atom is -0.336 e. The van der Waals surface area contributed by atoms with Crippen molar-refractivity contribution in [3.63, 3.8) is 0 Å². The normalized spacial score (nSPS) is 18.4. The Kier molecular flexibility index (Phi) is 6.57. The summed E-state index contributed by atoms with van der Waals surface area (Å²) < 4.78 is 27.1. The maximum Gasteiger partial charge on any atom is 0.270 e. The molecule has 2 aromatic carbocycles. The molecule has 0 aromatic heterocycles. The van der Waals surface area contributed by atoms with Crippen LogP contribution in [-0.2, 0) is 10.0 Å². The Morgan fingerprint density at radius 3 is 2.22 bits per heavy atom. The third-order valence-electron chi connectivity index (χ3n) is 6.43. The first-order valence-electron chi connectivity index (χ1n) is 11.0. The molecule has 0 bridgehead atoms. The third-order valence-corrected chi connectivity index (χ3v) is 8.32. The van der Waals surface area contributed by atoms with Gasteiger partial charge in [0.15, 0.2) is 0 Å². The van der Waals surface area contributed by atoms with Crippen molar-refractivity contribution in [2.24, 2.45) is 0 Å². The topological polar surface area (TPSA) is 101 Å². The SMILES string of the molecule is O=C(c1ccc(C2CCCCC2)cc1)N1CCN(S(=O)(=O)c2cccc([N+](=O)[O-])c2)CC1. The molecular weight excluding hydrogens is 430 g/mol. The summed E-state index contributed by atoms with van der Waals surface area (Å²) in [6.45, 7) is 0.850. The second-order valence-corrected chi connectivity index (χ2v) is 10.3. The molecule has 0 spiro atoms. The molecule has 170 valence electrons. The molecule has 0 unspecified atom stereocenters. The first-order chi connectivity index (χ1) is 15.4. The molecular formula is C23H27N3O5S. The van der Waals surface area contributed by atoms with Gasteiger partial charge >= 0.3 is 0 Å². The van der Waals surface area contributed by atoms with Gasteiger partial charge in [-0.25, -0.2) is 8.42 Å². The van der Waals surface area contributed by atoms with Crippen molar-refractivity contribution in [1.29, 1.82) is 0 Å². The zero-order valence-corrected chi connectivity index (χ0v) is 18.7. The van der Waals surface area contributed by atoms with Gasteiger partial charge in [-0.3, -0.25) is 14.9 Å². The zero-order valence-electron chi connectivity index (χ0n) is 17.9. The first-order valence-corrected chi connectivity index (χ1v) is 12.4. The molecule has 0 N–H and O–H groups in total. The number of carbonyl (C=O) groups is 1. The standard InChI is InChI=1S/C23H27N3O5S/c27-23(20-11-9-19(10-12-20)18-5-2-1-3-6-18)24-13-15-25(16-14-24)32(30,31)22-8-4-7-21(17-22)26(28)29/h4,7-12,17-18H,1-3,5-6,13-16H2. The monoisotopic (exact) mass is 457 g/mol. The number of piperazine rings is 1. The molecule has 2 fully saturated rings. The summed E-state index contributed by atoms with van der Waals surface area (Å²) in [6, 6.07) is 12.9. The van der Waals surface area contributed by atoms with Crippen LogP contribution in [0.5, 0.6) is 0 Å². The van der Waals surface area contributed by atoms with Gasteiger partial charge in [0.2, 0.25) is 10.0 Å². The second kappa shape index (κ2) is 9.38. The Bertz CT molecular complexity index is 1090. The molecule has 0 radical (unpaired) electrons. The predicted molar refractivity (Wildman–Crippen MR) is 120 cm³/mol. The Balaban J connectivity index is 1.39. The van der Waals surface area contributed by atoms with E-state index < -0.39 is 14.9 Å². The second-order valence-electron chi connectivity index (χ2n) is 8.41. The molecule has 0 atom stereocenters. The average molecular weight is 458 g/mol. The average Bonchev–Trinajstić information content (AvgIpc) is 2.84. The molecule has 1 aliphatic carbocycles. The van der Waals surface area contributed by atoms with Crippen molar-refractivity contribution < 1.29 is 18.1 Å². The number of rotatable bonds is 5. The van der Waals surface area contributed by atoms with Gasteiger partial charge in [-0.1, -0.05) is 37.5 Å². The summed E-state index contributed by atoms with van der Waals surface area (Å²) >= 11 is 0. The van der Waals surface area contributed by atoms with Crippen LogP contribution >= 0.6 is 0 Å². The highest BCUT2D eigenvalue weighted by molar-refractivity contribution is 7.89. The molecule has 4 rings (SSSR count). The van der Waals surface area contributed by atoms with Crippen LogP contribution in [0.3, 0.4) is 0 Å². The summed E-state index contributed by atoms with van der Waals surface area (Å²) in [5, 5.41) is 11.0. The first kappa shape index (κ1) is 22.4. The van der Waals surface area contributed by atoms with E-state index in [1.807, 2.05) is 24.3 Å². The summed E-state index contributed by atoms with van der Waals surface area (Å²) in [5.41, 5.74) is 1.63. The number of hydrogen-bond acceptors (Lipinski definition) is 5. The predicted octanol–water partition coefficient (Wildman–Crippen LogP) is 3.79. The van der Waals surface area contributed by atoms with Crippen LogP contribution in [0.4, 0.5) is 5.69 Å². The van der Waals surface area contributed by atoms with Crippen LogP contribution < -0.4 is 0 Å². The van der Waals surface area contributed by atoms with Gasteiger partial charge in [0.25, 0.3) is 11.6 Å². The Morgan fingerprint density at radius 2 is 1.59 bits per heavy atom. The van der Waals surface area contributed by atoms with Crippen molar-refractivity contribution in [3.8, 4) is 0 Å². The van der Waals surface area contributed by atoms with E-state index >= 15 is 0 Å². The molecule has 2 aliphatic rings. The maximum absolute atomic E-state index is 12.9. The molecule has 1 saturated carbocycles. The van der Waals surface area contributed by atoms with Crippen molar-refractivity contribution in [1.82, 2.24) is 9.21 Å². The Labute approximate surface area is 188 Å². The third kappa shape index (κ3) is 4.68. The van der Waals surface area contributed by atoms with Gasteiger partial charge in [0.1, 0.15) is 0 Å². The van der Waals surface area contributed by atoms with Gasteiger partial charge in [-0.15, -0.1) is 0 Å². The number of nitro groups is 1. The molecule has 9 heteroatoms. The highest BCUT2D eigenvalue weighted by Gasteiger charge is 2.31. The molecule has 8 nitrogen and oxygen atoms in total. The van der Waals surface area contributed by atoms with Crippen molar-refractivity contribution >= 4 is 21.6 Å². The number of amides is 1. The van der Waals surface area contributed by atoms with E-state index in [0.717, 1.165) is 6.07 Å². The number of hydrogen-bond donors (Lipinski definition) is 0. The summed E-state index contributed by atoms with van der Waals surface area (Å²) in [4.78, 5) is 24.8. The molecule has 32 heavy (non-hydrogen) atoms. The van der Waals surface area contributed by atoms with E-state index in [2.05, 4.69) is 0 Å². The summed E-state index contributed by atoms with van der Waals surface area (Å²) in [5.74, 6) is 0.475. The van der Waals surface area contributed by atoms with Crippen LogP contribution in [0.1, 0.15) is 53.9 Å². The van der Waals surface area contributed by atoms with Crippen LogP contribution in [0, 0.1) is 10.1 Å². The smallest absolute Gasteiger partial charge is 0.270 e. The van der Waals surface area contributed by atoms with Crippen LogP contribution in [0.2, 0.25) is 0 Å². The molecule has 2 aromatic rings. The van der Waals surface area contributed by atoms with Crippen molar-refractivity contribution in [3.05, 3.63) is 69.8 Å². The van der Waals surface area contributed by atoms with Crippen LogP contribution in [0.15, 0.2) is 53.4 Å². The number of nitrogens with zero attached hydrogens (tertiary/aromatic N) is 3. The number of benzene rings is 2. The Morgan fingerprint density at radius 1 is 0.938 bits per heavy atom. The van der Waals surface area contributed by atoms with Crippen molar-refractivity contribution in [2.75, 3.05) is 26.2 Å². The number of nitro benzene ring substituents is 1. The van der Waals surface area contributed by atoms with Crippen LogP contribution in [-0.4, -0.2) is 54.6 Å². The molecule has 1 heterocycles. The van der Waals surface area contributed by atoms with Crippen molar-refractivity contribution in [2.45, 2.75) is 42.9 Å². The quantitative estimate of drug-likeness (QED) is 0.502. The van der Waals surface area contributed by atoms with Gasteiger partial charge in [-0.2, -0.15) is 4.31 Å². The van der Waals surface area contributed by atoms with Gasteiger partial charge < -0.3 is 4.90 Å². The maximum atomic E-state index is 12.9. The number of sulfonamides is 1. The van der Waals surface area contributed by atoms with Crippen LogP contribution in [0.25, 0.3) is 0 Å². The van der Waals surface area contributed by atoms with E-state index in [9.17, 15) is 23.3 Å². The Hall–Kier alpha value is -2.78. The fraction of sp³-hybridized carbons (Fsp3) is 0.435. The largest absolute Gasteiger partial charge is 0.336 e. The van der Waals surface area contributed by atoms with Gasteiger partial charge in [-0.05, 0) is 42.5 Å². The minimum absolute atomic E-state index is 0.104. The molecule has 1 amide bonds. The number of non-ortho nitro benzene ring substituents is 1. The lowest BCUT2D eigenvalue weighted by Crippen LogP contribution is -2.50. The lowest BCUT2D eigenvalue weighted by atomic mass is 9.84. The fourth-order valence-corrected chi connectivity index (χ4v) is 6.02. The van der Waals surface area contributed by atoms with E-state index in [-0.39, 0.29) is 42.7 Å². The zero-order chi connectivity index (χ0) is 22.7.